The zero-order valence-corrected chi connectivity index (χ0v) is 13.5. The number of carbonyl (C=O) groups is 1. The highest BCUT2D eigenvalue weighted by Gasteiger charge is 2.06. The van der Waals surface area contributed by atoms with Crippen LogP contribution in [-0.2, 0) is 4.79 Å². The Hall–Kier alpha value is -1.53. The predicted octanol–water partition coefficient (Wildman–Crippen LogP) is 4.29. The van der Waals surface area contributed by atoms with Crippen molar-refractivity contribution in [1.29, 1.82) is 0 Å². The van der Waals surface area contributed by atoms with Gasteiger partial charge in [0, 0.05) is 21.5 Å². The molecule has 3 N–H and O–H groups in total. The first-order valence-electron chi connectivity index (χ1n) is 6.28. The molecule has 0 saturated carbocycles. The topological polar surface area (TPSA) is 55.1 Å². The molecule has 0 radical (unpaired) electrons. The first kappa shape index (κ1) is 15.9. The van der Waals surface area contributed by atoms with Crippen LogP contribution in [0.2, 0.25) is 0 Å². The van der Waals surface area contributed by atoms with Crippen LogP contribution in [0.4, 0.5) is 15.8 Å². The number of nitrogen functional groups attached to an aromatic ring is 1. The van der Waals surface area contributed by atoms with Gasteiger partial charge in [-0.1, -0.05) is 15.9 Å². The maximum atomic E-state index is 12.9. The van der Waals surface area contributed by atoms with E-state index in [0.717, 1.165) is 9.37 Å². The fourth-order valence-electron chi connectivity index (χ4n) is 1.65. The molecule has 0 aliphatic carbocycles. The van der Waals surface area contributed by atoms with E-state index >= 15 is 0 Å². The summed E-state index contributed by atoms with van der Waals surface area (Å²) in [6.07, 6.45) is 0.359. The van der Waals surface area contributed by atoms with Gasteiger partial charge in [0.25, 0.3) is 0 Å². The molecule has 21 heavy (non-hydrogen) atoms. The summed E-state index contributed by atoms with van der Waals surface area (Å²) in [7, 11) is 0. The minimum Gasteiger partial charge on any atom is -0.397 e. The highest BCUT2D eigenvalue weighted by molar-refractivity contribution is 9.10. The number of hydrogen-bond donors (Lipinski definition) is 2. The summed E-state index contributed by atoms with van der Waals surface area (Å²) in [5.41, 5.74) is 6.30. The predicted molar refractivity (Wildman–Crippen MR) is 88.9 cm³/mol. The van der Waals surface area contributed by atoms with Gasteiger partial charge in [-0.05, 0) is 42.5 Å². The zero-order valence-electron chi connectivity index (χ0n) is 11.1. The van der Waals surface area contributed by atoms with E-state index in [9.17, 15) is 9.18 Å². The summed E-state index contributed by atoms with van der Waals surface area (Å²) in [6.45, 7) is 0. The number of benzene rings is 2. The van der Waals surface area contributed by atoms with Gasteiger partial charge in [0.2, 0.25) is 5.91 Å². The second-order valence-electron chi connectivity index (χ2n) is 4.33. The molecule has 0 bridgehead atoms. The highest BCUT2D eigenvalue weighted by Crippen LogP contribution is 2.22. The third kappa shape index (κ3) is 5.06. The molecule has 2 rings (SSSR count). The molecule has 0 spiro atoms. The van der Waals surface area contributed by atoms with E-state index in [1.54, 1.807) is 11.8 Å². The summed E-state index contributed by atoms with van der Waals surface area (Å²) in [5, 5.41) is 2.68. The third-order valence-corrected chi connectivity index (χ3v) is 4.24. The van der Waals surface area contributed by atoms with Crippen LogP contribution < -0.4 is 11.1 Å². The van der Waals surface area contributed by atoms with Gasteiger partial charge in [-0.25, -0.2) is 4.39 Å². The summed E-state index contributed by atoms with van der Waals surface area (Å²) in [6, 6.07) is 11.8. The van der Waals surface area contributed by atoms with E-state index in [4.69, 9.17) is 5.73 Å². The summed E-state index contributed by atoms with van der Waals surface area (Å²) in [5.74, 6) is 0.100. The number of nitrogens with two attached hydrogens (primary N) is 1. The van der Waals surface area contributed by atoms with Crippen LogP contribution >= 0.6 is 27.7 Å². The number of carbonyl (C=O) groups excluding carboxylic acids is 1. The van der Waals surface area contributed by atoms with Crippen LogP contribution in [0.25, 0.3) is 0 Å². The van der Waals surface area contributed by atoms with Crippen molar-refractivity contribution in [2.24, 2.45) is 0 Å². The van der Waals surface area contributed by atoms with E-state index in [1.807, 2.05) is 24.3 Å². The molecular weight excluding hydrogens is 355 g/mol. The SMILES string of the molecule is Nc1cc(F)ccc1NC(=O)CCSc1ccc(Br)cc1. The molecular formula is C15H14BrFN2OS. The lowest BCUT2D eigenvalue weighted by atomic mass is 10.2. The van der Waals surface area contributed by atoms with Crippen LogP contribution in [0.1, 0.15) is 6.42 Å². The van der Waals surface area contributed by atoms with Crippen LogP contribution in [0.3, 0.4) is 0 Å². The summed E-state index contributed by atoms with van der Waals surface area (Å²) in [4.78, 5) is 12.9. The maximum absolute atomic E-state index is 12.9. The van der Waals surface area contributed by atoms with Gasteiger partial charge < -0.3 is 11.1 Å². The van der Waals surface area contributed by atoms with E-state index in [1.165, 1.54) is 18.2 Å². The fraction of sp³-hybridized carbons (Fsp3) is 0.133. The molecule has 2 aromatic carbocycles. The van der Waals surface area contributed by atoms with Gasteiger partial charge in [-0.15, -0.1) is 11.8 Å². The second kappa shape index (κ2) is 7.47. The molecule has 0 unspecified atom stereocenters. The molecule has 0 saturated heterocycles. The van der Waals surface area contributed by atoms with Crippen molar-refractivity contribution in [3.8, 4) is 0 Å². The average molecular weight is 369 g/mol. The summed E-state index contributed by atoms with van der Waals surface area (Å²) >= 11 is 4.98. The monoisotopic (exact) mass is 368 g/mol. The number of halogens is 2. The van der Waals surface area contributed by atoms with E-state index in [2.05, 4.69) is 21.2 Å². The van der Waals surface area contributed by atoms with Crippen molar-refractivity contribution in [2.45, 2.75) is 11.3 Å². The van der Waals surface area contributed by atoms with Gasteiger partial charge in [0.05, 0.1) is 11.4 Å². The number of nitrogens with one attached hydrogen (secondary N) is 1. The number of rotatable bonds is 5. The molecule has 110 valence electrons. The van der Waals surface area contributed by atoms with E-state index in [0.29, 0.717) is 17.9 Å². The molecule has 6 heteroatoms. The van der Waals surface area contributed by atoms with Crippen LogP contribution in [0, 0.1) is 5.82 Å². The first-order valence-corrected chi connectivity index (χ1v) is 8.06. The van der Waals surface area contributed by atoms with Gasteiger partial charge in [-0.2, -0.15) is 0 Å². The summed E-state index contributed by atoms with van der Waals surface area (Å²) < 4.78 is 13.9. The van der Waals surface area contributed by atoms with Crippen molar-refractivity contribution >= 4 is 45.0 Å². The van der Waals surface area contributed by atoms with Gasteiger partial charge in [0.1, 0.15) is 5.82 Å². The van der Waals surface area contributed by atoms with Crippen molar-refractivity contribution in [3.63, 3.8) is 0 Å². The molecule has 0 heterocycles. The van der Waals surface area contributed by atoms with Gasteiger partial charge in [-0.3, -0.25) is 4.79 Å². The fourth-order valence-corrected chi connectivity index (χ4v) is 2.77. The maximum Gasteiger partial charge on any atom is 0.225 e. The van der Waals surface area contributed by atoms with E-state index in [-0.39, 0.29) is 11.6 Å². The number of anilines is 2. The Morgan fingerprint density at radius 1 is 1.24 bits per heavy atom. The largest absolute Gasteiger partial charge is 0.397 e. The lowest BCUT2D eigenvalue weighted by Gasteiger charge is -2.08. The standard InChI is InChI=1S/C15H14BrFN2OS/c16-10-1-4-12(5-2-10)21-8-7-15(20)19-14-6-3-11(17)9-13(14)18/h1-6,9H,7-8,18H2,(H,19,20). The number of amides is 1. The Labute approximate surface area is 135 Å². The molecule has 0 aliphatic heterocycles. The molecule has 1 amide bonds. The second-order valence-corrected chi connectivity index (χ2v) is 6.42. The van der Waals surface area contributed by atoms with Crippen molar-refractivity contribution in [1.82, 2.24) is 0 Å². The van der Waals surface area contributed by atoms with Gasteiger partial charge in [0.15, 0.2) is 0 Å². The van der Waals surface area contributed by atoms with Crippen LogP contribution in [-0.4, -0.2) is 11.7 Å². The smallest absolute Gasteiger partial charge is 0.225 e. The first-order chi connectivity index (χ1) is 10.0. The highest BCUT2D eigenvalue weighted by atomic mass is 79.9. The van der Waals surface area contributed by atoms with Crippen molar-refractivity contribution in [3.05, 3.63) is 52.8 Å². The van der Waals surface area contributed by atoms with Crippen LogP contribution in [0.15, 0.2) is 51.8 Å². The third-order valence-electron chi connectivity index (χ3n) is 2.70. The minimum atomic E-state index is -0.420. The van der Waals surface area contributed by atoms with Crippen LogP contribution in [0.5, 0.6) is 0 Å². The minimum absolute atomic E-state index is 0.141. The Morgan fingerprint density at radius 3 is 2.62 bits per heavy atom. The lowest BCUT2D eigenvalue weighted by molar-refractivity contribution is -0.115. The quantitative estimate of drug-likeness (QED) is 0.611. The zero-order chi connectivity index (χ0) is 15.2. The van der Waals surface area contributed by atoms with Crippen molar-refractivity contribution < 1.29 is 9.18 Å². The van der Waals surface area contributed by atoms with Crippen molar-refractivity contribution in [2.75, 3.05) is 16.8 Å². The molecule has 3 nitrogen and oxygen atoms in total. The Morgan fingerprint density at radius 2 is 1.95 bits per heavy atom. The Bertz CT molecular complexity index is 634. The Kier molecular flexibility index (Phi) is 5.64. The number of hydrogen-bond acceptors (Lipinski definition) is 3. The lowest BCUT2D eigenvalue weighted by Crippen LogP contribution is -2.13. The Balaban J connectivity index is 1.81. The normalized spacial score (nSPS) is 10.4. The number of thioether (sulfide) groups is 1. The molecule has 0 aliphatic rings. The molecule has 2 aromatic rings. The average Bonchev–Trinajstić information content (AvgIpc) is 2.44. The molecule has 0 atom stereocenters. The van der Waals surface area contributed by atoms with E-state index < -0.39 is 5.82 Å². The van der Waals surface area contributed by atoms with Gasteiger partial charge >= 0.3 is 0 Å². The molecule has 0 fully saturated rings. The molecule has 0 aromatic heterocycles.